The highest BCUT2D eigenvalue weighted by Gasteiger charge is 2.21. The van der Waals surface area contributed by atoms with E-state index in [0.717, 1.165) is 19.6 Å². The molecule has 3 rings (SSSR count). The summed E-state index contributed by atoms with van der Waals surface area (Å²) in [4.78, 5) is 31.5. The van der Waals surface area contributed by atoms with E-state index in [1.54, 1.807) is 4.90 Å². The predicted molar refractivity (Wildman–Crippen MR) is 87.2 cm³/mol. The fourth-order valence-electron chi connectivity index (χ4n) is 2.75. The molecule has 2 aromatic rings. The van der Waals surface area contributed by atoms with Gasteiger partial charge in [-0.3, -0.25) is 4.79 Å². The normalized spacial score (nSPS) is 15.8. The van der Waals surface area contributed by atoms with Crippen LogP contribution in [-0.4, -0.2) is 53.5 Å². The molecule has 0 saturated carbocycles. The van der Waals surface area contributed by atoms with Gasteiger partial charge in [-0.15, -0.1) is 0 Å². The maximum absolute atomic E-state index is 13.3. The number of nitrogens with one attached hydrogen (secondary N) is 2. The second kappa shape index (κ2) is 6.37. The van der Waals surface area contributed by atoms with Crippen molar-refractivity contribution in [3.63, 3.8) is 0 Å². The van der Waals surface area contributed by atoms with Crippen molar-refractivity contribution in [3.8, 4) is 0 Å². The van der Waals surface area contributed by atoms with Crippen LogP contribution in [0.25, 0.3) is 10.9 Å². The summed E-state index contributed by atoms with van der Waals surface area (Å²) in [7, 11) is 0. The monoisotopic (exact) mass is 318 g/mol. The van der Waals surface area contributed by atoms with Gasteiger partial charge in [0.15, 0.2) is 0 Å². The average molecular weight is 318 g/mol. The summed E-state index contributed by atoms with van der Waals surface area (Å²) in [6, 6.07) is 3.65. The Labute approximate surface area is 132 Å². The third-order valence-corrected chi connectivity index (χ3v) is 4.19. The van der Waals surface area contributed by atoms with E-state index in [9.17, 15) is 14.0 Å². The lowest BCUT2D eigenvalue weighted by atomic mass is 10.2. The molecule has 1 aromatic heterocycles. The van der Waals surface area contributed by atoms with Gasteiger partial charge >= 0.3 is 6.03 Å². The molecule has 1 aliphatic rings. The zero-order chi connectivity index (χ0) is 16.4. The van der Waals surface area contributed by atoms with Crippen LogP contribution in [0.1, 0.15) is 6.92 Å². The van der Waals surface area contributed by atoms with Crippen LogP contribution in [0.4, 0.5) is 14.9 Å². The van der Waals surface area contributed by atoms with E-state index in [2.05, 4.69) is 22.1 Å². The molecule has 2 N–H and O–H groups in total. The fraction of sp³-hybridized carbons (Fsp3) is 0.375. The van der Waals surface area contributed by atoms with Crippen LogP contribution in [0.5, 0.6) is 0 Å². The largest absolute Gasteiger partial charge is 0.359 e. The third kappa shape index (κ3) is 3.19. The molecule has 1 aromatic carbocycles. The molecule has 122 valence electrons. The molecule has 0 unspecified atom stereocenters. The van der Waals surface area contributed by atoms with Gasteiger partial charge in [-0.25, -0.2) is 9.18 Å². The van der Waals surface area contributed by atoms with E-state index < -0.39 is 11.2 Å². The molecule has 23 heavy (non-hydrogen) atoms. The summed E-state index contributed by atoms with van der Waals surface area (Å²) in [6.07, 6.45) is 1.45. The lowest BCUT2D eigenvalue weighted by molar-refractivity contribution is 0.151. The smallest absolute Gasteiger partial charge is 0.322 e. The van der Waals surface area contributed by atoms with Crippen molar-refractivity contribution in [2.24, 2.45) is 0 Å². The van der Waals surface area contributed by atoms with Gasteiger partial charge in [0, 0.05) is 37.9 Å². The predicted octanol–water partition coefficient (Wildman–Crippen LogP) is 1.84. The van der Waals surface area contributed by atoms with Gasteiger partial charge in [-0.05, 0) is 24.7 Å². The number of piperazine rings is 1. The molecule has 0 bridgehead atoms. The number of aromatic amines is 1. The standard InChI is InChI=1S/C16H19FN4O2/c1-2-20-5-7-21(8-6-20)16(23)19-14-10-18-13-4-3-11(17)9-12(13)15(14)22/h3-4,9-10H,2,5-8H2,1H3,(H,18,22)(H,19,23). The Bertz CT molecular complexity index is 781. The van der Waals surface area contributed by atoms with Crippen molar-refractivity contribution < 1.29 is 9.18 Å². The minimum absolute atomic E-state index is 0.131. The molecule has 1 aliphatic heterocycles. The molecular weight excluding hydrogens is 299 g/mol. The van der Waals surface area contributed by atoms with Gasteiger partial charge in [0.25, 0.3) is 0 Å². The van der Waals surface area contributed by atoms with Gasteiger partial charge in [0.1, 0.15) is 11.5 Å². The van der Waals surface area contributed by atoms with E-state index >= 15 is 0 Å². The Hall–Kier alpha value is -2.41. The van der Waals surface area contributed by atoms with Gasteiger partial charge in [-0.1, -0.05) is 6.92 Å². The lowest BCUT2D eigenvalue weighted by Gasteiger charge is -2.33. The Balaban J connectivity index is 1.78. The van der Waals surface area contributed by atoms with Crippen LogP contribution in [0.15, 0.2) is 29.2 Å². The number of fused-ring (bicyclic) bond motifs is 1. The van der Waals surface area contributed by atoms with Crippen molar-refractivity contribution in [2.75, 3.05) is 38.0 Å². The number of benzene rings is 1. The van der Waals surface area contributed by atoms with Crippen LogP contribution >= 0.6 is 0 Å². The minimum atomic E-state index is -0.484. The molecule has 1 saturated heterocycles. The number of carbonyl (C=O) groups excluding carboxylic acids is 1. The molecule has 0 aliphatic carbocycles. The molecule has 7 heteroatoms. The first kappa shape index (κ1) is 15.5. The summed E-state index contributed by atoms with van der Waals surface area (Å²) in [5.74, 6) is -0.484. The van der Waals surface area contributed by atoms with Crippen molar-refractivity contribution in [1.82, 2.24) is 14.8 Å². The molecular formula is C16H19FN4O2. The Morgan fingerprint density at radius 1 is 1.30 bits per heavy atom. The average Bonchev–Trinajstić information content (AvgIpc) is 2.58. The minimum Gasteiger partial charge on any atom is -0.359 e. The SMILES string of the molecule is CCN1CCN(C(=O)Nc2c[nH]c3ccc(F)cc3c2=O)CC1. The molecule has 6 nitrogen and oxygen atoms in total. The van der Waals surface area contributed by atoms with Crippen molar-refractivity contribution in [2.45, 2.75) is 6.92 Å². The molecule has 2 amide bonds. The number of anilines is 1. The highest BCUT2D eigenvalue weighted by molar-refractivity contribution is 5.92. The van der Waals surface area contributed by atoms with Crippen LogP contribution in [0.2, 0.25) is 0 Å². The lowest BCUT2D eigenvalue weighted by Crippen LogP contribution is -2.50. The van der Waals surface area contributed by atoms with E-state index in [1.165, 1.54) is 24.4 Å². The molecule has 0 radical (unpaired) electrons. The summed E-state index contributed by atoms with van der Waals surface area (Å²) in [5, 5.41) is 2.85. The summed E-state index contributed by atoms with van der Waals surface area (Å²) < 4.78 is 13.3. The van der Waals surface area contributed by atoms with Crippen molar-refractivity contribution in [1.29, 1.82) is 0 Å². The fourth-order valence-corrected chi connectivity index (χ4v) is 2.75. The third-order valence-electron chi connectivity index (χ3n) is 4.19. The molecule has 1 fully saturated rings. The van der Waals surface area contributed by atoms with E-state index in [1.807, 2.05) is 0 Å². The van der Waals surface area contributed by atoms with Crippen LogP contribution < -0.4 is 10.7 Å². The Morgan fingerprint density at radius 2 is 2.04 bits per heavy atom. The zero-order valence-electron chi connectivity index (χ0n) is 12.9. The zero-order valence-corrected chi connectivity index (χ0v) is 12.9. The number of hydrogen-bond donors (Lipinski definition) is 2. The number of H-pyrrole nitrogens is 1. The van der Waals surface area contributed by atoms with Crippen LogP contribution in [-0.2, 0) is 0 Å². The Kier molecular flexibility index (Phi) is 4.29. The number of aromatic nitrogens is 1. The second-order valence-electron chi connectivity index (χ2n) is 5.57. The van der Waals surface area contributed by atoms with Crippen molar-refractivity contribution >= 4 is 22.6 Å². The molecule has 2 heterocycles. The number of amides is 2. The first-order valence-corrected chi connectivity index (χ1v) is 7.67. The Morgan fingerprint density at radius 3 is 2.74 bits per heavy atom. The number of rotatable bonds is 2. The van der Waals surface area contributed by atoms with Crippen LogP contribution in [0, 0.1) is 5.82 Å². The van der Waals surface area contributed by atoms with Crippen LogP contribution in [0.3, 0.4) is 0 Å². The number of carbonyl (C=O) groups is 1. The first-order valence-electron chi connectivity index (χ1n) is 7.67. The summed E-state index contributed by atoms with van der Waals surface area (Å²) >= 11 is 0. The number of nitrogens with zero attached hydrogens (tertiary/aromatic N) is 2. The number of urea groups is 1. The summed E-state index contributed by atoms with van der Waals surface area (Å²) in [5.41, 5.74) is 0.274. The van der Waals surface area contributed by atoms with Gasteiger partial charge in [0.05, 0.1) is 5.39 Å². The number of pyridine rings is 1. The first-order chi connectivity index (χ1) is 11.1. The van der Waals surface area contributed by atoms with E-state index in [0.29, 0.717) is 18.6 Å². The highest BCUT2D eigenvalue weighted by atomic mass is 19.1. The van der Waals surface area contributed by atoms with Gasteiger partial charge in [-0.2, -0.15) is 0 Å². The molecule has 0 spiro atoms. The number of likely N-dealkylation sites (N-methyl/N-ethyl adjacent to an activating group) is 1. The number of hydrogen-bond acceptors (Lipinski definition) is 3. The number of halogens is 1. The molecule has 0 atom stereocenters. The topological polar surface area (TPSA) is 68.4 Å². The second-order valence-corrected chi connectivity index (χ2v) is 5.57. The van der Waals surface area contributed by atoms with Gasteiger partial charge < -0.3 is 20.1 Å². The maximum Gasteiger partial charge on any atom is 0.322 e. The quantitative estimate of drug-likeness (QED) is 0.888. The van der Waals surface area contributed by atoms with E-state index in [-0.39, 0.29) is 17.1 Å². The van der Waals surface area contributed by atoms with E-state index in [4.69, 9.17) is 0 Å². The summed E-state index contributed by atoms with van der Waals surface area (Å²) in [6.45, 7) is 5.95. The maximum atomic E-state index is 13.3. The van der Waals surface area contributed by atoms with Gasteiger partial charge in [0.2, 0.25) is 5.43 Å². The van der Waals surface area contributed by atoms with Crippen molar-refractivity contribution in [3.05, 3.63) is 40.4 Å². The highest BCUT2D eigenvalue weighted by Crippen LogP contribution is 2.13.